The van der Waals surface area contributed by atoms with Crippen LogP contribution in [0.1, 0.15) is 10.4 Å². The van der Waals surface area contributed by atoms with Crippen molar-refractivity contribution in [3.8, 4) is 0 Å². The number of carbonyl (C=O) groups is 1. The molecular formula is C17H14FNO3S. The second-order valence-corrected chi connectivity index (χ2v) is 7.17. The fraction of sp³-hybridized carbons (Fsp3) is 0.118. The highest BCUT2D eigenvalue weighted by Gasteiger charge is 2.31. The van der Waals surface area contributed by atoms with Crippen molar-refractivity contribution in [2.75, 3.05) is 10.7 Å². The molecule has 2 aromatic rings. The number of sulfone groups is 1. The van der Waals surface area contributed by atoms with Crippen LogP contribution in [0.2, 0.25) is 0 Å². The number of rotatable bonds is 3. The third-order valence-corrected chi connectivity index (χ3v) is 4.97. The van der Waals surface area contributed by atoms with Crippen molar-refractivity contribution in [3.63, 3.8) is 0 Å². The quantitative estimate of drug-likeness (QED) is 0.869. The molecule has 0 N–H and O–H groups in total. The average Bonchev–Trinajstić information content (AvgIpc) is 2.90. The van der Waals surface area contributed by atoms with E-state index in [9.17, 15) is 17.6 Å². The molecule has 0 radical (unpaired) electrons. The second kappa shape index (κ2) is 5.96. The summed E-state index contributed by atoms with van der Waals surface area (Å²) in [5, 5.41) is 1.12. The van der Waals surface area contributed by atoms with E-state index in [2.05, 4.69) is 0 Å². The summed E-state index contributed by atoms with van der Waals surface area (Å²) in [6.07, 6.45) is 1.49. The lowest BCUT2D eigenvalue weighted by atomic mass is 10.1. The Morgan fingerprint density at radius 1 is 1.04 bits per heavy atom. The van der Waals surface area contributed by atoms with Gasteiger partial charge in [-0.15, -0.1) is 0 Å². The first-order valence-corrected chi connectivity index (χ1v) is 8.73. The van der Waals surface area contributed by atoms with E-state index in [0.29, 0.717) is 11.3 Å². The summed E-state index contributed by atoms with van der Waals surface area (Å²) in [6, 6.07) is 13.4. The maximum absolute atomic E-state index is 13.2. The van der Waals surface area contributed by atoms with Crippen molar-refractivity contribution >= 4 is 21.4 Å². The maximum atomic E-state index is 13.2. The number of hydrogen-bond donors (Lipinski definition) is 0. The topological polar surface area (TPSA) is 54.5 Å². The molecule has 4 nitrogen and oxygen atoms in total. The van der Waals surface area contributed by atoms with E-state index in [4.69, 9.17) is 0 Å². The largest absolute Gasteiger partial charge is 0.300 e. The van der Waals surface area contributed by atoms with Gasteiger partial charge in [-0.1, -0.05) is 18.2 Å². The average molecular weight is 331 g/mol. The first kappa shape index (κ1) is 15.4. The number of anilines is 1. The standard InChI is InChI=1S/C17H14FNO3S/c18-14-6-8-15(9-7-14)19(16-10-11-23(21,22)12-16)17(20)13-4-2-1-3-5-13/h1-11,16H,12H2/t16-/m0/s1. The number of carbonyl (C=O) groups excluding carboxylic acids is 1. The molecule has 0 aromatic heterocycles. The van der Waals surface area contributed by atoms with Gasteiger partial charge in [0.05, 0.1) is 11.8 Å². The van der Waals surface area contributed by atoms with Crippen LogP contribution in [0.5, 0.6) is 0 Å². The molecule has 3 rings (SSSR count). The summed E-state index contributed by atoms with van der Waals surface area (Å²) in [5.41, 5.74) is 0.890. The molecule has 1 aliphatic rings. The SMILES string of the molecule is O=C(c1ccccc1)N(c1ccc(F)cc1)[C@H]1C=CS(=O)(=O)C1. The fourth-order valence-corrected chi connectivity index (χ4v) is 3.77. The van der Waals surface area contributed by atoms with Gasteiger partial charge in [0.1, 0.15) is 5.82 Å². The molecule has 118 valence electrons. The normalized spacial score (nSPS) is 18.7. The van der Waals surface area contributed by atoms with E-state index >= 15 is 0 Å². The van der Waals surface area contributed by atoms with Gasteiger partial charge in [0.25, 0.3) is 5.91 Å². The lowest BCUT2D eigenvalue weighted by molar-refractivity contribution is 0.0983. The van der Waals surface area contributed by atoms with Gasteiger partial charge in [0.15, 0.2) is 9.84 Å². The van der Waals surface area contributed by atoms with Crippen molar-refractivity contribution in [2.45, 2.75) is 6.04 Å². The van der Waals surface area contributed by atoms with E-state index in [1.54, 1.807) is 30.3 Å². The Morgan fingerprint density at radius 2 is 1.70 bits per heavy atom. The third kappa shape index (κ3) is 3.32. The van der Waals surface area contributed by atoms with Crippen molar-refractivity contribution in [3.05, 3.63) is 77.5 Å². The monoisotopic (exact) mass is 331 g/mol. The van der Waals surface area contributed by atoms with Crippen molar-refractivity contribution in [1.82, 2.24) is 0 Å². The summed E-state index contributed by atoms with van der Waals surface area (Å²) in [7, 11) is -3.32. The number of nitrogens with zero attached hydrogens (tertiary/aromatic N) is 1. The predicted molar refractivity (Wildman–Crippen MR) is 86.4 cm³/mol. The van der Waals surface area contributed by atoms with Crippen LogP contribution in [0.4, 0.5) is 10.1 Å². The molecule has 1 aliphatic heterocycles. The molecule has 1 atom stereocenters. The zero-order chi connectivity index (χ0) is 16.4. The molecule has 0 saturated carbocycles. The number of halogens is 1. The molecule has 1 heterocycles. The summed E-state index contributed by atoms with van der Waals surface area (Å²) in [6.45, 7) is 0. The lowest BCUT2D eigenvalue weighted by Crippen LogP contribution is -2.41. The highest BCUT2D eigenvalue weighted by atomic mass is 32.2. The Balaban J connectivity index is 2.02. The Hall–Kier alpha value is -2.47. The number of hydrogen-bond acceptors (Lipinski definition) is 3. The Morgan fingerprint density at radius 3 is 2.26 bits per heavy atom. The van der Waals surface area contributed by atoms with Gasteiger partial charge >= 0.3 is 0 Å². The molecule has 0 spiro atoms. The molecular weight excluding hydrogens is 317 g/mol. The van der Waals surface area contributed by atoms with E-state index in [1.807, 2.05) is 0 Å². The molecule has 1 amide bonds. The van der Waals surface area contributed by atoms with E-state index in [1.165, 1.54) is 35.2 Å². The molecule has 23 heavy (non-hydrogen) atoms. The van der Waals surface area contributed by atoms with Crippen LogP contribution in [-0.4, -0.2) is 26.1 Å². The lowest BCUT2D eigenvalue weighted by Gasteiger charge is -2.27. The van der Waals surface area contributed by atoms with Crippen LogP contribution in [-0.2, 0) is 9.84 Å². The summed E-state index contributed by atoms with van der Waals surface area (Å²) in [5.74, 6) is -0.928. The molecule has 2 aromatic carbocycles. The highest BCUT2D eigenvalue weighted by Crippen LogP contribution is 2.25. The van der Waals surface area contributed by atoms with E-state index < -0.39 is 21.7 Å². The van der Waals surface area contributed by atoms with Gasteiger partial charge in [-0.25, -0.2) is 12.8 Å². The Bertz CT molecular complexity index is 845. The fourth-order valence-electron chi connectivity index (χ4n) is 2.50. The minimum absolute atomic E-state index is 0.178. The summed E-state index contributed by atoms with van der Waals surface area (Å²) < 4.78 is 36.6. The van der Waals surface area contributed by atoms with Crippen LogP contribution in [0.3, 0.4) is 0 Å². The minimum Gasteiger partial charge on any atom is -0.300 e. The van der Waals surface area contributed by atoms with Crippen LogP contribution >= 0.6 is 0 Å². The van der Waals surface area contributed by atoms with Crippen LogP contribution < -0.4 is 4.90 Å². The second-order valence-electron chi connectivity index (χ2n) is 5.24. The van der Waals surface area contributed by atoms with E-state index in [0.717, 1.165) is 5.41 Å². The predicted octanol–water partition coefficient (Wildman–Crippen LogP) is 2.78. The van der Waals surface area contributed by atoms with Gasteiger partial charge in [-0.05, 0) is 42.5 Å². The zero-order valence-electron chi connectivity index (χ0n) is 12.1. The molecule has 6 heteroatoms. The van der Waals surface area contributed by atoms with Crippen molar-refractivity contribution in [2.24, 2.45) is 0 Å². The first-order chi connectivity index (χ1) is 11.0. The van der Waals surface area contributed by atoms with Gasteiger partial charge in [0.2, 0.25) is 0 Å². The van der Waals surface area contributed by atoms with Crippen LogP contribution in [0.15, 0.2) is 66.1 Å². The summed E-state index contributed by atoms with van der Waals surface area (Å²) >= 11 is 0. The molecule has 0 aliphatic carbocycles. The Labute approximate surface area is 133 Å². The first-order valence-electron chi connectivity index (χ1n) is 7.01. The highest BCUT2D eigenvalue weighted by molar-refractivity contribution is 7.94. The third-order valence-electron chi connectivity index (χ3n) is 3.59. The van der Waals surface area contributed by atoms with Gasteiger partial charge in [0, 0.05) is 16.7 Å². The zero-order valence-corrected chi connectivity index (χ0v) is 12.9. The molecule has 0 bridgehead atoms. The molecule has 0 unspecified atom stereocenters. The van der Waals surface area contributed by atoms with Crippen molar-refractivity contribution < 1.29 is 17.6 Å². The molecule has 0 saturated heterocycles. The van der Waals surface area contributed by atoms with Gasteiger partial charge in [-0.3, -0.25) is 4.79 Å². The smallest absolute Gasteiger partial charge is 0.258 e. The van der Waals surface area contributed by atoms with Gasteiger partial charge < -0.3 is 4.90 Å². The minimum atomic E-state index is -3.32. The van der Waals surface area contributed by atoms with Crippen LogP contribution in [0.25, 0.3) is 0 Å². The summed E-state index contributed by atoms with van der Waals surface area (Å²) in [4.78, 5) is 14.2. The molecule has 0 fully saturated rings. The van der Waals surface area contributed by atoms with Gasteiger partial charge in [-0.2, -0.15) is 0 Å². The van der Waals surface area contributed by atoms with Crippen LogP contribution in [0, 0.1) is 5.82 Å². The van der Waals surface area contributed by atoms with E-state index in [-0.39, 0.29) is 11.7 Å². The van der Waals surface area contributed by atoms with Crippen molar-refractivity contribution in [1.29, 1.82) is 0 Å². The number of amides is 1. The number of benzene rings is 2. The Kier molecular flexibility index (Phi) is 4.00. The maximum Gasteiger partial charge on any atom is 0.258 e.